The zero-order chi connectivity index (χ0) is 19.8. The molecule has 4 nitrogen and oxygen atoms in total. The Labute approximate surface area is 162 Å². The second kappa shape index (κ2) is 5.22. The van der Waals surface area contributed by atoms with Gasteiger partial charge in [-0.15, -0.1) is 0 Å². The normalized spacial score (nSPS) is 29.9. The minimum absolute atomic E-state index is 0.914. The average Bonchev–Trinajstić information content (AvgIpc) is 2.68. The largest absolute Gasteiger partial charge is 0.481 e. The number of hydrogen-bond donors (Lipinski definition) is 2. The number of benzene rings is 3. The van der Waals surface area contributed by atoms with E-state index in [1.807, 2.05) is 74.5 Å². The summed E-state index contributed by atoms with van der Waals surface area (Å²) in [6, 6.07) is 19.7. The van der Waals surface area contributed by atoms with Gasteiger partial charge in [0.25, 0.3) is 0 Å². The van der Waals surface area contributed by atoms with Crippen molar-refractivity contribution >= 4 is 22.7 Å². The van der Waals surface area contributed by atoms with E-state index in [0.29, 0.717) is 0 Å². The van der Waals surface area contributed by atoms with Crippen molar-refractivity contribution in [1.82, 2.24) is 0 Å². The van der Waals surface area contributed by atoms with Gasteiger partial charge in [0.05, 0.1) is 11.8 Å². The third-order valence-corrected chi connectivity index (χ3v) is 7.16. The van der Waals surface area contributed by atoms with Gasteiger partial charge in [-0.2, -0.15) is 0 Å². The van der Waals surface area contributed by atoms with E-state index < -0.39 is 34.6 Å². The minimum Gasteiger partial charge on any atom is -0.481 e. The Balaban J connectivity index is 2.04. The molecule has 4 unspecified atom stereocenters. The molecule has 0 amide bonds. The van der Waals surface area contributed by atoms with E-state index in [2.05, 4.69) is 0 Å². The Bertz CT molecular complexity index is 1180. The van der Waals surface area contributed by atoms with Crippen molar-refractivity contribution < 1.29 is 19.8 Å². The lowest BCUT2D eigenvalue weighted by Gasteiger charge is -2.59. The molecule has 3 aliphatic carbocycles. The van der Waals surface area contributed by atoms with Crippen molar-refractivity contribution in [2.24, 2.45) is 11.8 Å². The molecule has 3 aliphatic rings. The van der Waals surface area contributed by atoms with Crippen LogP contribution in [0.3, 0.4) is 0 Å². The first kappa shape index (κ1) is 17.0. The van der Waals surface area contributed by atoms with Gasteiger partial charge in [0, 0.05) is 10.8 Å². The SMILES string of the molecule is CC12c3ccccc3C(C)(c3c1ccc1ccccc31)C(C(=O)O)C2C(=O)O. The second-order valence-electron chi connectivity index (χ2n) is 8.29. The third-order valence-electron chi connectivity index (χ3n) is 7.16. The van der Waals surface area contributed by atoms with Gasteiger partial charge in [0.2, 0.25) is 0 Å². The van der Waals surface area contributed by atoms with Gasteiger partial charge < -0.3 is 10.2 Å². The van der Waals surface area contributed by atoms with E-state index in [9.17, 15) is 19.8 Å². The number of carboxylic acids is 2. The monoisotopic (exact) mass is 372 g/mol. The van der Waals surface area contributed by atoms with Crippen LogP contribution in [0.2, 0.25) is 0 Å². The van der Waals surface area contributed by atoms with E-state index >= 15 is 0 Å². The summed E-state index contributed by atoms with van der Waals surface area (Å²) in [4.78, 5) is 24.9. The molecule has 0 saturated carbocycles. The van der Waals surface area contributed by atoms with Crippen LogP contribution in [-0.4, -0.2) is 22.2 Å². The number of carbonyl (C=O) groups is 2. The first-order chi connectivity index (χ1) is 13.3. The molecule has 28 heavy (non-hydrogen) atoms. The Morgan fingerprint density at radius 2 is 1.25 bits per heavy atom. The first-order valence-electron chi connectivity index (χ1n) is 9.41. The van der Waals surface area contributed by atoms with Gasteiger partial charge in [-0.25, -0.2) is 0 Å². The van der Waals surface area contributed by atoms with Gasteiger partial charge in [-0.1, -0.05) is 74.5 Å². The zero-order valence-electron chi connectivity index (χ0n) is 15.6. The lowest BCUT2D eigenvalue weighted by atomic mass is 9.41. The van der Waals surface area contributed by atoms with Crippen molar-refractivity contribution in [2.75, 3.05) is 0 Å². The van der Waals surface area contributed by atoms with Crippen LogP contribution in [0.25, 0.3) is 10.8 Å². The fraction of sp³-hybridized carbons (Fsp3) is 0.250. The van der Waals surface area contributed by atoms with Gasteiger partial charge in [0.15, 0.2) is 0 Å². The molecule has 0 spiro atoms. The highest BCUT2D eigenvalue weighted by molar-refractivity contribution is 5.96. The van der Waals surface area contributed by atoms with Crippen LogP contribution < -0.4 is 0 Å². The third kappa shape index (κ3) is 1.71. The molecule has 0 aromatic heterocycles. The standard InChI is InChI=1S/C24H20O4/c1-23-15-9-5-6-10-16(15)24(2,20(22(27)28)19(23)21(25)26)18-14-8-4-3-7-13(14)11-12-17(18)23/h3-12,19-20H,1-2H3,(H,25,26)(H,27,28). The van der Waals surface area contributed by atoms with Crippen LogP contribution >= 0.6 is 0 Å². The summed E-state index contributed by atoms with van der Waals surface area (Å²) in [5.41, 5.74) is 1.88. The number of fused-ring (bicyclic) bond motifs is 2. The number of rotatable bonds is 2. The smallest absolute Gasteiger partial charge is 0.308 e. The zero-order valence-corrected chi connectivity index (χ0v) is 15.6. The van der Waals surface area contributed by atoms with E-state index in [0.717, 1.165) is 33.0 Å². The van der Waals surface area contributed by atoms with Crippen molar-refractivity contribution in [3.8, 4) is 0 Å². The van der Waals surface area contributed by atoms with Gasteiger partial charge in [-0.05, 0) is 33.0 Å². The Morgan fingerprint density at radius 3 is 1.89 bits per heavy atom. The molecule has 0 radical (unpaired) electrons. The summed E-state index contributed by atoms with van der Waals surface area (Å²) < 4.78 is 0. The number of aliphatic carboxylic acids is 2. The molecular formula is C24H20O4. The Kier molecular flexibility index (Phi) is 3.17. The molecule has 3 aromatic rings. The van der Waals surface area contributed by atoms with E-state index in [1.54, 1.807) is 0 Å². The van der Waals surface area contributed by atoms with Crippen LogP contribution in [0, 0.1) is 11.8 Å². The van der Waals surface area contributed by atoms with Crippen LogP contribution in [0.15, 0.2) is 60.7 Å². The molecule has 0 saturated heterocycles. The van der Waals surface area contributed by atoms with Crippen molar-refractivity contribution in [3.05, 3.63) is 82.9 Å². The van der Waals surface area contributed by atoms with Gasteiger partial charge >= 0.3 is 11.9 Å². The molecule has 2 bridgehead atoms. The molecule has 0 heterocycles. The van der Waals surface area contributed by atoms with E-state index in [-0.39, 0.29) is 0 Å². The maximum Gasteiger partial charge on any atom is 0.308 e. The fourth-order valence-corrected chi connectivity index (χ4v) is 6.04. The van der Waals surface area contributed by atoms with Crippen molar-refractivity contribution in [2.45, 2.75) is 24.7 Å². The van der Waals surface area contributed by atoms with Crippen LogP contribution in [0.4, 0.5) is 0 Å². The fourth-order valence-electron chi connectivity index (χ4n) is 6.04. The summed E-state index contributed by atoms with van der Waals surface area (Å²) >= 11 is 0. The summed E-state index contributed by atoms with van der Waals surface area (Å²) in [5, 5.41) is 22.4. The molecule has 4 atom stereocenters. The van der Waals surface area contributed by atoms with E-state index in [1.165, 1.54) is 0 Å². The van der Waals surface area contributed by atoms with Crippen LogP contribution in [0.1, 0.15) is 36.1 Å². The molecule has 140 valence electrons. The van der Waals surface area contributed by atoms with E-state index in [4.69, 9.17) is 0 Å². The minimum atomic E-state index is -1.06. The second-order valence-corrected chi connectivity index (χ2v) is 8.29. The molecule has 6 rings (SSSR count). The highest BCUT2D eigenvalue weighted by Crippen LogP contribution is 2.65. The average molecular weight is 372 g/mol. The highest BCUT2D eigenvalue weighted by Gasteiger charge is 2.66. The highest BCUT2D eigenvalue weighted by atomic mass is 16.4. The summed E-state index contributed by atoms with van der Waals surface area (Å²) in [6.45, 7) is 3.80. The molecule has 0 aliphatic heterocycles. The number of hydrogen-bond acceptors (Lipinski definition) is 2. The van der Waals surface area contributed by atoms with Gasteiger partial charge in [0.1, 0.15) is 0 Å². The molecule has 3 aromatic carbocycles. The van der Waals surface area contributed by atoms with Crippen molar-refractivity contribution in [1.29, 1.82) is 0 Å². The quantitative estimate of drug-likeness (QED) is 0.708. The topological polar surface area (TPSA) is 74.6 Å². The lowest BCUT2D eigenvalue weighted by molar-refractivity contribution is -0.160. The Hall–Kier alpha value is -3.14. The number of carboxylic acid groups (broad SMARTS) is 2. The van der Waals surface area contributed by atoms with Gasteiger partial charge in [-0.3, -0.25) is 9.59 Å². The maximum atomic E-state index is 12.5. The van der Waals surface area contributed by atoms with Crippen LogP contribution in [-0.2, 0) is 20.4 Å². The summed E-state index contributed by atoms with van der Waals surface area (Å²) in [6.07, 6.45) is 0. The Morgan fingerprint density at radius 1 is 0.714 bits per heavy atom. The predicted octanol–water partition coefficient (Wildman–Crippen LogP) is 4.18. The summed E-state index contributed by atoms with van der Waals surface area (Å²) in [5.74, 6) is -4.22. The summed E-state index contributed by atoms with van der Waals surface area (Å²) in [7, 11) is 0. The lowest BCUT2D eigenvalue weighted by Crippen LogP contribution is -2.62. The van der Waals surface area contributed by atoms with Crippen LogP contribution in [0.5, 0.6) is 0 Å². The molecule has 0 fully saturated rings. The molecule has 2 N–H and O–H groups in total. The maximum absolute atomic E-state index is 12.5. The molecular weight excluding hydrogens is 352 g/mol. The van der Waals surface area contributed by atoms with Crippen molar-refractivity contribution in [3.63, 3.8) is 0 Å². The first-order valence-corrected chi connectivity index (χ1v) is 9.41. The molecule has 4 heteroatoms. The predicted molar refractivity (Wildman–Crippen MR) is 106 cm³/mol.